The molecule has 0 fully saturated rings. The molecule has 0 heterocycles. The summed E-state index contributed by atoms with van der Waals surface area (Å²) in [6.07, 6.45) is 0. The highest BCUT2D eigenvalue weighted by molar-refractivity contribution is 6.23. The summed E-state index contributed by atoms with van der Waals surface area (Å²) in [5, 5.41) is 10.5. The zero-order valence-electron chi connectivity index (χ0n) is 27.8. The largest absolute Gasteiger partial charge is 0.0725 e. The van der Waals surface area contributed by atoms with E-state index in [1.807, 2.05) is 0 Å². The van der Waals surface area contributed by atoms with E-state index in [0.29, 0.717) is 0 Å². The van der Waals surface area contributed by atoms with Crippen LogP contribution < -0.4 is 0 Å². The SMILES string of the molecule is c1ccc(-c2cccc3c4c(ccc23)C2(c3ccccc3-c3ccccc32)c2cc(-c3cc5ccc6cccc7ccc(c3)c5c67)ccc2-4)cc1. The van der Waals surface area contributed by atoms with Crippen molar-refractivity contribution in [3.8, 4) is 44.5 Å². The van der Waals surface area contributed by atoms with Crippen LogP contribution in [0.15, 0.2) is 182 Å². The van der Waals surface area contributed by atoms with Crippen molar-refractivity contribution in [3.63, 3.8) is 0 Å². The monoisotopic (exact) mass is 642 g/mol. The van der Waals surface area contributed by atoms with Crippen LogP contribution in [0.1, 0.15) is 22.3 Å². The van der Waals surface area contributed by atoms with Gasteiger partial charge in [-0.1, -0.05) is 164 Å². The minimum absolute atomic E-state index is 0.416. The predicted molar refractivity (Wildman–Crippen MR) is 215 cm³/mol. The third kappa shape index (κ3) is 3.44. The minimum atomic E-state index is -0.416. The Bertz CT molecular complexity index is 2960. The van der Waals surface area contributed by atoms with Crippen LogP contribution in [-0.2, 0) is 5.41 Å². The second-order valence-electron chi connectivity index (χ2n) is 14.4. The van der Waals surface area contributed by atoms with Crippen LogP contribution in [0.4, 0.5) is 0 Å². The zero-order chi connectivity index (χ0) is 33.3. The van der Waals surface area contributed by atoms with Crippen molar-refractivity contribution in [1.29, 1.82) is 0 Å². The summed E-state index contributed by atoms with van der Waals surface area (Å²) in [5.41, 5.74) is 15.5. The normalized spacial score (nSPS) is 13.6. The summed E-state index contributed by atoms with van der Waals surface area (Å²) in [5.74, 6) is 0. The van der Waals surface area contributed by atoms with Gasteiger partial charge in [0, 0.05) is 0 Å². The van der Waals surface area contributed by atoms with Gasteiger partial charge >= 0.3 is 0 Å². The fourth-order valence-electron chi connectivity index (χ4n) is 9.96. The summed E-state index contributed by atoms with van der Waals surface area (Å²) in [6, 6.07) is 68.6. The second kappa shape index (κ2) is 9.81. The van der Waals surface area contributed by atoms with Crippen molar-refractivity contribution in [1.82, 2.24) is 0 Å². The average molecular weight is 643 g/mol. The lowest BCUT2D eigenvalue weighted by Gasteiger charge is -2.31. The molecule has 0 aliphatic heterocycles. The quantitative estimate of drug-likeness (QED) is 0.165. The van der Waals surface area contributed by atoms with E-state index in [9.17, 15) is 0 Å². The Morgan fingerprint density at radius 1 is 0.275 bits per heavy atom. The summed E-state index contributed by atoms with van der Waals surface area (Å²) < 4.78 is 0. The third-order valence-corrected chi connectivity index (χ3v) is 12.0. The van der Waals surface area contributed by atoms with Gasteiger partial charge < -0.3 is 0 Å². The molecular formula is C51H30. The lowest BCUT2D eigenvalue weighted by molar-refractivity contribution is 0.795. The van der Waals surface area contributed by atoms with Gasteiger partial charge in [-0.25, -0.2) is 0 Å². The molecule has 0 bridgehead atoms. The fraction of sp³-hybridized carbons (Fsp3) is 0.0196. The summed E-state index contributed by atoms with van der Waals surface area (Å²) in [6.45, 7) is 0. The van der Waals surface area contributed by atoms with E-state index in [4.69, 9.17) is 0 Å². The smallest absolute Gasteiger partial charge is 0.0622 e. The molecule has 0 heteroatoms. The molecule has 0 aromatic heterocycles. The molecule has 0 atom stereocenters. The highest BCUT2D eigenvalue weighted by Crippen LogP contribution is 2.64. The van der Waals surface area contributed by atoms with Gasteiger partial charge in [-0.15, -0.1) is 0 Å². The minimum Gasteiger partial charge on any atom is -0.0622 e. The Kier molecular flexibility index (Phi) is 5.26. The molecule has 0 amide bonds. The van der Waals surface area contributed by atoms with Crippen molar-refractivity contribution >= 4 is 43.1 Å². The van der Waals surface area contributed by atoms with Crippen molar-refractivity contribution in [2.24, 2.45) is 0 Å². The van der Waals surface area contributed by atoms with Gasteiger partial charge in [-0.2, -0.15) is 0 Å². The Morgan fingerprint density at radius 2 is 0.882 bits per heavy atom. The Labute approximate surface area is 296 Å². The van der Waals surface area contributed by atoms with Crippen LogP contribution in [0, 0.1) is 0 Å². The van der Waals surface area contributed by atoms with E-state index in [-0.39, 0.29) is 0 Å². The summed E-state index contributed by atoms with van der Waals surface area (Å²) in [7, 11) is 0. The molecule has 0 unspecified atom stereocenters. The topological polar surface area (TPSA) is 0 Å². The Balaban J connectivity index is 1.17. The van der Waals surface area contributed by atoms with E-state index < -0.39 is 5.41 Å². The van der Waals surface area contributed by atoms with Gasteiger partial charge in [-0.3, -0.25) is 0 Å². The van der Waals surface area contributed by atoms with Gasteiger partial charge in [0.05, 0.1) is 5.41 Å². The average Bonchev–Trinajstić information content (AvgIpc) is 3.67. The Hall–Kier alpha value is -6.50. The highest BCUT2D eigenvalue weighted by Gasteiger charge is 2.52. The number of hydrogen-bond acceptors (Lipinski definition) is 0. The first-order chi connectivity index (χ1) is 25.3. The van der Waals surface area contributed by atoms with Crippen LogP contribution in [-0.4, -0.2) is 0 Å². The number of hydrogen-bond donors (Lipinski definition) is 0. The standard InChI is InChI=1S/C51H30/c1-2-10-31(11-3-1)38-16-9-17-42-39(38)26-27-46-50(42)43-25-24-34(30-47(43)51(46)44-18-6-4-14-40(44)41-15-5-7-19-45(41)51)37-28-35-22-20-32-12-8-13-33-21-23-36(29-37)49(35)48(32)33/h1-30H. The fourth-order valence-corrected chi connectivity index (χ4v) is 9.96. The van der Waals surface area contributed by atoms with Gasteiger partial charge in [-0.05, 0) is 128 Å². The molecule has 0 N–H and O–H groups in total. The lowest BCUT2D eigenvalue weighted by atomic mass is 9.70. The molecule has 0 nitrogen and oxygen atoms in total. The molecule has 0 saturated carbocycles. The molecular weight excluding hydrogens is 613 g/mol. The molecule has 0 saturated heterocycles. The van der Waals surface area contributed by atoms with Crippen molar-refractivity contribution in [2.45, 2.75) is 5.41 Å². The van der Waals surface area contributed by atoms with Crippen LogP contribution in [0.3, 0.4) is 0 Å². The first-order valence-corrected chi connectivity index (χ1v) is 17.9. The molecule has 2 aliphatic carbocycles. The van der Waals surface area contributed by atoms with E-state index in [2.05, 4.69) is 182 Å². The zero-order valence-corrected chi connectivity index (χ0v) is 27.8. The van der Waals surface area contributed by atoms with Gasteiger partial charge in [0.15, 0.2) is 0 Å². The number of rotatable bonds is 2. The molecule has 234 valence electrons. The molecule has 10 aromatic carbocycles. The van der Waals surface area contributed by atoms with Crippen molar-refractivity contribution in [3.05, 3.63) is 204 Å². The third-order valence-electron chi connectivity index (χ3n) is 12.0. The lowest BCUT2D eigenvalue weighted by Crippen LogP contribution is -2.25. The van der Waals surface area contributed by atoms with Crippen LogP contribution in [0.2, 0.25) is 0 Å². The molecule has 10 aromatic rings. The number of fused-ring (bicyclic) bond motifs is 12. The summed E-state index contributed by atoms with van der Waals surface area (Å²) >= 11 is 0. The number of benzene rings is 10. The maximum Gasteiger partial charge on any atom is 0.0725 e. The van der Waals surface area contributed by atoms with Gasteiger partial charge in [0.1, 0.15) is 0 Å². The Morgan fingerprint density at radius 3 is 1.61 bits per heavy atom. The van der Waals surface area contributed by atoms with E-state index in [1.165, 1.54) is 110 Å². The van der Waals surface area contributed by atoms with Gasteiger partial charge in [0.2, 0.25) is 0 Å². The predicted octanol–water partition coefficient (Wildman–Crippen LogP) is 13.4. The second-order valence-corrected chi connectivity index (χ2v) is 14.4. The van der Waals surface area contributed by atoms with Gasteiger partial charge in [0.25, 0.3) is 0 Å². The van der Waals surface area contributed by atoms with E-state index in [0.717, 1.165) is 0 Å². The van der Waals surface area contributed by atoms with Crippen molar-refractivity contribution < 1.29 is 0 Å². The highest BCUT2D eigenvalue weighted by atomic mass is 14.5. The van der Waals surface area contributed by atoms with E-state index in [1.54, 1.807) is 0 Å². The molecule has 0 radical (unpaired) electrons. The van der Waals surface area contributed by atoms with E-state index >= 15 is 0 Å². The molecule has 2 aliphatic rings. The van der Waals surface area contributed by atoms with Crippen LogP contribution >= 0.6 is 0 Å². The maximum absolute atomic E-state index is 2.52. The van der Waals surface area contributed by atoms with Crippen LogP contribution in [0.5, 0.6) is 0 Å². The molecule has 51 heavy (non-hydrogen) atoms. The van der Waals surface area contributed by atoms with Crippen LogP contribution in [0.25, 0.3) is 87.6 Å². The summed E-state index contributed by atoms with van der Waals surface area (Å²) in [4.78, 5) is 0. The maximum atomic E-state index is 2.52. The first kappa shape index (κ1) is 27.3. The first-order valence-electron chi connectivity index (χ1n) is 17.9. The molecule has 1 spiro atoms. The van der Waals surface area contributed by atoms with Crippen molar-refractivity contribution in [2.75, 3.05) is 0 Å². The molecule has 12 rings (SSSR count).